The second-order valence-electron chi connectivity index (χ2n) is 8.03. The summed E-state index contributed by atoms with van der Waals surface area (Å²) in [4.78, 5) is 35.4. The molecule has 1 aliphatic heterocycles. The molecule has 1 atom stereocenters. The van der Waals surface area contributed by atoms with Gasteiger partial charge >= 0.3 is 0 Å². The molecule has 5 heterocycles. The van der Waals surface area contributed by atoms with Gasteiger partial charge in [0, 0.05) is 17.4 Å². The standard InChI is InChI=1S/C22H22N4O4S/c1-3-22(2)8-16-13(11-30-22)7-15-18-19(31-20(15)25-16)21(28)26(12-24-18)10-17(27)23-9-14-5-4-6-29-14/h4-7,12H,3,8-11H2,1-2H3,(H,23,27)/t22-/m1/s1. The first-order valence-electron chi connectivity index (χ1n) is 10.2. The van der Waals surface area contributed by atoms with Crippen molar-refractivity contribution in [1.29, 1.82) is 0 Å². The number of pyridine rings is 1. The van der Waals surface area contributed by atoms with E-state index in [4.69, 9.17) is 14.1 Å². The van der Waals surface area contributed by atoms with Gasteiger partial charge in [0.15, 0.2) is 0 Å². The predicted molar refractivity (Wildman–Crippen MR) is 117 cm³/mol. The van der Waals surface area contributed by atoms with E-state index < -0.39 is 0 Å². The molecule has 4 aromatic rings. The fourth-order valence-electron chi connectivity index (χ4n) is 3.76. The lowest BCUT2D eigenvalue weighted by Crippen LogP contribution is -2.35. The summed E-state index contributed by atoms with van der Waals surface area (Å²) in [7, 11) is 0. The monoisotopic (exact) mass is 438 g/mol. The van der Waals surface area contributed by atoms with Crippen molar-refractivity contribution < 1.29 is 13.9 Å². The zero-order valence-corrected chi connectivity index (χ0v) is 18.1. The van der Waals surface area contributed by atoms with E-state index >= 15 is 0 Å². The van der Waals surface area contributed by atoms with Crippen LogP contribution in [0.1, 0.15) is 37.3 Å². The molecule has 0 aliphatic carbocycles. The number of amides is 1. The van der Waals surface area contributed by atoms with Crippen LogP contribution in [0.25, 0.3) is 20.4 Å². The van der Waals surface area contributed by atoms with Crippen molar-refractivity contribution in [2.75, 3.05) is 0 Å². The molecule has 5 rings (SSSR count). The number of rotatable bonds is 5. The van der Waals surface area contributed by atoms with E-state index in [1.807, 2.05) is 6.07 Å². The third kappa shape index (κ3) is 3.64. The second kappa shape index (κ2) is 7.58. The van der Waals surface area contributed by atoms with Crippen LogP contribution in [0.4, 0.5) is 0 Å². The van der Waals surface area contributed by atoms with Gasteiger partial charge < -0.3 is 14.5 Å². The first-order valence-corrected chi connectivity index (χ1v) is 11.0. The number of fused-ring (bicyclic) bond motifs is 4. The Balaban J connectivity index is 1.45. The van der Waals surface area contributed by atoms with Gasteiger partial charge in [-0.05, 0) is 31.5 Å². The summed E-state index contributed by atoms with van der Waals surface area (Å²) < 4.78 is 13.1. The summed E-state index contributed by atoms with van der Waals surface area (Å²) in [6.07, 6.45) is 4.63. The van der Waals surface area contributed by atoms with Crippen LogP contribution in [-0.4, -0.2) is 26.0 Å². The van der Waals surface area contributed by atoms with Gasteiger partial charge in [-0.2, -0.15) is 0 Å². The van der Waals surface area contributed by atoms with Crippen LogP contribution in [0, 0.1) is 0 Å². The lowest BCUT2D eigenvalue weighted by molar-refractivity contribution is -0.122. The van der Waals surface area contributed by atoms with E-state index in [-0.39, 0.29) is 30.2 Å². The highest BCUT2D eigenvalue weighted by atomic mass is 32.1. The van der Waals surface area contributed by atoms with Gasteiger partial charge in [0.1, 0.15) is 21.8 Å². The number of carbonyl (C=O) groups excluding carboxylic acids is 1. The van der Waals surface area contributed by atoms with Gasteiger partial charge in [-0.15, -0.1) is 11.3 Å². The molecule has 0 fully saturated rings. The zero-order valence-electron chi connectivity index (χ0n) is 17.3. The number of carbonyl (C=O) groups is 1. The maximum Gasteiger partial charge on any atom is 0.271 e. The van der Waals surface area contributed by atoms with Crippen molar-refractivity contribution in [1.82, 2.24) is 19.9 Å². The van der Waals surface area contributed by atoms with Gasteiger partial charge in [0.2, 0.25) is 5.91 Å². The van der Waals surface area contributed by atoms with E-state index in [1.165, 1.54) is 22.2 Å². The molecule has 0 aromatic carbocycles. The number of hydrogen-bond acceptors (Lipinski definition) is 7. The van der Waals surface area contributed by atoms with Gasteiger partial charge in [-0.25, -0.2) is 9.97 Å². The summed E-state index contributed by atoms with van der Waals surface area (Å²) in [6, 6.07) is 5.57. The van der Waals surface area contributed by atoms with Crippen LogP contribution < -0.4 is 10.9 Å². The Kier molecular flexibility index (Phi) is 4.86. The van der Waals surface area contributed by atoms with Crippen molar-refractivity contribution in [3.8, 4) is 0 Å². The quantitative estimate of drug-likeness (QED) is 0.514. The largest absolute Gasteiger partial charge is 0.467 e. The highest BCUT2D eigenvalue weighted by Crippen LogP contribution is 2.35. The second-order valence-corrected chi connectivity index (χ2v) is 9.03. The summed E-state index contributed by atoms with van der Waals surface area (Å²) >= 11 is 1.33. The molecule has 0 bridgehead atoms. The van der Waals surface area contributed by atoms with Crippen molar-refractivity contribution in [3.05, 3.63) is 58.2 Å². The molecule has 160 valence electrons. The Hall–Kier alpha value is -3.04. The number of furan rings is 1. The molecule has 1 N–H and O–H groups in total. The minimum absolute atomic E-state index is 0.108. The number of nitrogens with one attached hydrogen (secondary N) is 1. The van der Waals surface area contributed by atoms with E-state index in [9.17, 15) is 9.59 Å². The Morgan fingerprint density at radius 1 is 1.42 bits per heavy atom. The molecule has 0 saturated heterocycles. The number of hydrogen-bond donors (Lipinski definition) is 1. The average molecular weight is 439 g/mol. The van der Waals surface area contributed by atoms with Gasteiger partial charge in [-0.3, -0.25) is 14.2 Å². The molecule has 1 aliphatic rings. The van der Waals surface area contributed by atoms with Gasteiger partial charge in [0.05, 0.1) is 42.6 Å². The molecule has 1 amide bonds. The predicted octanol–water partition coefficient (Wildman–Crippen LogP) is 3.16. The first kappa shape index (κ1) is 19.9. The molecule has 0 radical (unpaired) electrons. The van der Waals surface area contributed by atoms with Crippen LogP contribution in [-0.2, 0) is 35.6 Å². The SMILES string of the molecule is CC[C@]1(C)Cc2nc3sc4c(=O)n(CC(=O)NCc5ccco5)cnc4c3cc2CO1. The lowest BCUT2D eigenvalue weighted by Gasteiger charge is -2.33. The Bertz CT molecular complexity index is 1340. The summed E-state index contributed by atoms with van der Waals surface area (Å²) in [5.41, 5.74) is 2.23. The minimum Gasteiger partial charge on any atom is -0.467 e. The molecule has 8 nitrogen and oxygen atoms in total. The smallest absolute Gasteiger partial charge is 0.271 e. The molecule has 9 heteroatoms. The summed E-state index contributed by atoms with van der Waals surface area (Å²) in [5.74, 6) is 0.363. The molecular weight excluding hydrogens is 416 g/mol. The molecule has 0 saturated carbocycles. The van der Waals surface area contributed by atoms with Crippen molar-refractivity contribution >= 4 is 37.7 Å². The van der Waals surface area contributed by atoms with E-state index in [1.54, 1.807) is 18.4 Å². The molecule has 4 aromatic heterocycles. The van der Waals surface area contributed by atoms with E-state index in [0.29, 0.717) is 22.6 Å². The molecule has 31 heavy (non-hydrogen) atoms. The number of aromatic nitrogens is 3. The Morgan fingerprint density at radius 3 is 3.06 bits per heavy atom. The van der Waals surface area contributed by atoms with Crippen LogP contribution in [0.15, 0.2) is 40.0 Å². The number of thiophene rings is 1. The lowest BCUT2D eigenvalue weighted by atomic mass is 9.91. The molecule has 0 unspecified atom stereocenters. The normalized spacial score (nSPS) is 18.4. The third-order valence-electron chi connectivity index (χ3n) is 5.83. The maximum atomic E-state index is 13.0. The van der Waals surface area contributed by atoms with Gasteiger partial charge in [-0.1, -0.05) is 6.92 Å². The van der Waals surface area contributed by atoms with Gasteiger partial charge in [0.25, 0.3) is 5.56 Å². The fraction of sp³-hybridized carbons (Fsp3) is 0.364. The average Bonchev–Trinajstić information content (AvgIpc) is 3.41. The fourth-order valence-corrected chi connectivity index (χ4v) is 4.84. The van der Waals surface area contributed by atoms with E-state index in [2.05, 4.69) is 24.1 Å². The number of nitrogens with zero attached hydrogens (tertiary/aromatic N) is 3. The molecular formula is C22H22N4O4S. The third-order valence-corrected chi connectivity index (χ3v) is 6.90. The van der Waals surface area contributed by atoms with Crippen LogP contribution in [0.5, 0.6) is 0 Å². The van der Waals surface area contributed by atoms with Crippen molar-refractivity contribution in [2.45, 2.75) is 52.0 Å². The van der Waals surface area contributed by atoms with E-state index in [0.717, 1.165) is 34.3 Å². The van der Waals surface area contributed by atoms with Crippen LogP contribution in [0.2, 0.25) is 0 Å². The summed E-state index contributed by atoms with van der Waals surface area (Å²) in [5, 5.41) is 3.60. The van der Waals surface area contributed by atoms with Crippen LogP contribution in [0.3, 0.4) is 0 Å². The minimum atomic E-state index is -0.287. The number of ether oxygens (including phenoxy) is 1. The van der Waals surface area contributed by atoms with Crippen LogP contribution >= 0.6 is 11.3 Å². The van der Waals surface area contributed by atoms with Crippen molar-refractivity contribution in [2.24, 2.45) is 0 Å². The Labute approximate surface area is 181 Å². The topological polar surface area (TPSA) is 99.2 Å². The highest BCUT2D eigenvalue weighted by Gasteiger charge is 2.31. The first-order chi connectivity index (χ1) is 15.0. The zero-order chi connectivity index (χ0) is 21.6. The maximum absolute atomic E-state index is 13.0. The summed E-state index contributed by atoms with van der Waals surface area (Å²) in [6.45, 7) is 4.88. The molecule has 0 spiro atoms. The Morgan fingerprint density at radius 2 is 2.29 bits per heavy atom. The van der Waals surface area contributed by atoms with Crippen molar-refractivity contribution in [3.63, 3.8) is 0 Å². The highest BCUT2D eigenvalue weighted by molar-refractivity contribution is 7.25.